The number of carbonyl (C=O) groups is 1. The first-order valence-electron chi connectivity index (χ1n) is 6.89. The molecular weight excluding hydrogens is 240 g/mol. The van der Waals surface area contributed by atoms with E-state index in [0.29, 0.717) is 18.0 Å². The van der Waals surface area contributed by atoms with Gasteiger partial charge in [0, 0.05) is 18.8 Å². The summed E-state index contributed by atoms with van der Waals surface area (Å²) in [5, 5.41) is 4.36. The zero-order valence-electron chi connectivity index (χ0n) is 12.3. The molecule has 1 amide bonds. The smallest absolute Gasteiger partial charge is 0.257 e. The monoisotopic (exact) mass is 264 g/mol. The van der Waals surface area contributed by atoms with Gasteiger partial charge in [-0.15, -0.1) is 0 Å². The molecule has 0 bridgehead atoms. The van der Waals surface area contributed by atoms with Gasteiger partial charge in [-0.05, 0) is 46.6 Å². The molecule has 5 nitrogen and oxygen atoms in total. The third-order valence-electron chi connectivity index (χ3n) is 3.78. The van der Waals surface area contributed by atoms with Crippen molar-refractivity contribution in [3.63, 3.8) is 0 Å². The number of amides is 1. The summed E-state index contributed by atoms with van der Waals surface area (Å²) in [7, 11) is 0. The molecule has 2 N–H and O–H groups in total. The zero-order chi connectivity index (χ0) is 14.2. The number of nitrogens with zero attached hydrogens (tertiary/aromatic N) is 3. The first kappa shape index (κ1) is 14.1. The Morgan fingerprint density at radius 2 is 2.21 bits per heavy atom. The van der Waals surface area contributed by atoms with E-state index in [0.717, 1.165) is 25.2 Å². The number of likely N-dealkylation sites (tertiary alicyclic amines) is 1. The van der Waals surface area contributed by atoms with Crippen molar-refractivity contribution in [2.75, 3.05) is 19.6 Å². The molecule has 1 aromatic rings. The lowest BCUT2D eigenvalue weighted by atomic mass is 10.1. The van der Waals surface area contributed by atoms with Crippen LogP contribution in [0.5, 0.6) is 0 Å². The van der Waals surface area contributed by atoms with Crippen molar-refractivity contribution in [3.8, 4) is 0 Å². The fourth-order valence-electron chi connectivity index (χ4n) is 2.68. The van der Waals surface area contributed by atoms with E-state index in [1.165, 1.54) is 0 Å². The van der Waals surface area contributed by atoms with E-state index in [4.69, 9.17) is 5.73 Å². The lowest BCUT2D eigenvalue weighted by molar-refractivity contribution is 0.0786. The summed E-state index contributed by atoms with van der Waals surface area (Å²) in [4.78, 5) is 14.4. The van der Waals surface area contributed by atoms with Crippen LogP contribution in [0.2, 0.25) is 0 Å². The summed E-state index contributed by atoms with van der Waals surface area (Å²) in [6, 6.07) is 0. The van der Waals surface area contributed by atoms with Gasteiger partial charge in [0.15, 0.2) is 0 Å². The summed E-state index contributed by atoms with van der Waals surface area (Å²) in [6.45, 7) is 10.5. The fraction of sp³-hybridized carbons (Fsp3) is 0.714. The molecular formula is C14H24N4O. The molecule has 1 atom stereocenters. The first-order valence-corrected chi connectivity index (χ1v) is 6.89. The van der Waals surface area contributed by atoms with Crippen LogP contribution in [0.4, 0.5) is 0 Å². The summed E-state index contributed by atoms with van der Waals surface area (Å²) < 4.78 is 1.91. The third kappa shape index (κ3) is 2.66. The minimum absolute atomic E-state index is 0.0870. The van der Waals surface area contributed by atoms with Gasteiger partial charge in [0.25, 0.3) is 5.91 Å². The minimum atomic E-state index is -0.104. The van der Waals surface area contributed by atoms with E-state index in [1.807, 2.05) is 16.5 Å². The highest BCUT2D eigenvalue weighted by Gasteiger charge is 2.29. The standard InChI is InChI=1S/C14H24N4O/c1-10-12(8-16-18(10)14(2,3)4)13(19)17-6-5-11(7-15)9-17/h8,11H,5-7,9,15H2,1-4H3. The summed E-state index contributed by atoms with van der Waals surface area (Å²) in [5.41, 5.74) is 7.22. The second kappa shape index (κ2) is 4.96. The highest BCUT2D eigenvalue weighted by atomic mass is 16.2. The Labute approximate surface area is 114 Å². The number of hydrogen-bond acceptors (Lipinski definition) is 3. The van der Waals surface area contributed by atoms with E-state index < -0.39 is 0 Å². The molecule has 1 aromatic heterocycles. The van der Waals surface area contributed by atoms with Gasteiger partial charge in [0.05, 0.1) is 17.3 Å². The van der Waals surface area contributed by atoms with Gasteiger partial charge < -0.3 is 10.6 Å². The molecule has 0 radical (unpaired) electrons. The molecule has 19 heavy (non-hydrogen) atoms. The Hall–Kier alpha value is -1.36. The molecule has 1 aliphatic heterocycles. The van der Waals surface area contributed by atoms with E-state index in [9.17, 15) is 4.79 Å². The van der Waals surface area contributed by atoms with Crippen LogP contribution in [0.15, 0.2) is 6.20 Å². The molecule has 0 aromatic carbocycles. The van der Waals surface area contributed by atoms with E-state index in [-0.39, 0.29) is 11.4 Å². The Kier molecular flexibility index (Phi) is 3.67. The Bertz CT molecular complexity index is 472. The summed E-state index contributed by atoms with van der Waals surface area (Å²) in [5.74, 6) is 0.533. The average molecular weight is 264 g/mol. The lowest BCUT2D eigenvalue weighted by Gasteiger charge is -2.22. The van der Waals surface area contributed by atoms with Gasteiger partial charge >= 0.3 is 0 Å². The second-order valence-corrected chi connectivity index (χ2v) is 6.37. The van der Waals surface area contributed by atoms with Crippen LogP contribution in [0, 0.1) is 12.8 Å². The van der Waals surface area contributed by atoms with Crippen LogP contribution in [0.1, 0.15) is 43.2 Å². The van der Waals surface area contributed by atoms with Gasteiger partial charge in [-0.1, -0.05) is 0 Å². The fourth-order valence-corrected chi connectivity index (χ4v) is 2.68. The SMILES string of the molecule is Cc1c(C(=O)N2CCC(CN)C2)cnn1C(C)(C)C. The molecule has 2 heterocycles. The molecule has 1 aliphatic rings. The van der Waals surface area contributed by atoms with Gasteiger partial charge in [-0.2, -0.15) is 5.10 Å². The molecule has 1 saturated heterocycles. The Morgan fingerprint density at radius 1 is 1.53 bits per heavy atom. The predicted octanol–water partition coefficient (Wildman–Crippen LogP) is 1.37. The van der Waals surface area contributed by atoms with Gasteiger partial charge in [0.2, 0.25) is 0 Å². The Balaban J connectivity index is 2.19. The normalized spacial score (nSPS) is 20.1. The predicted molar refractivity (Wildman–Crippen MR) is 75.0 cm³/mol. The summed E-state index contributed by atoms with van der Waals surface area (Å²) in [6.07, 6.45) is 2.70. The van der Waals surface area contributed by atoms with Crippen LogP contribution in [-0.4, -0.2) is 40.2 Å². The van der Waals surface area contributed by atoms with Crippen molar-refractivity contribution in [1.29, 1.82) is 0 Å². The zero-order valence-corrected chi connectivity index (χ0v) is 12.3. The van der Waals surface area contributed by atoms with Crippen LogP contribution in [-0.2, 0) is 5.54 Å². The highest BCUT2D eigenvalue weighted by molar-refractivity contribution is 5.95. The number of hydrogen-bond donors (Lipinski definition) is 1. The average Bonchev–Trinajstić information content (AvgIpc) is 2.93. The molecule has 0 spiro atoms. The van der Waals surface area contributed by atoms with Crippen molar-refractivity contribution < 1.29 is 4.79 Å². The van der Waals surface area contributed by atoms with E-state index in [1.54, 1.807) is 6.20 Å². The topological polar surface area (TPSA) is 64.2 Å². The van der Waals surface area contributed by atoms with Crippen molar-refractivity contribution in [2.45, 2.75) is 39.7 Å². The van der Waals surface area contributed by atoms with Crippen LogP contribution in [0.3, 0.4) is 0 Å². The van der Waals surface area contributed by atoms with Crippen LogP contribution < -0.4 is 5.73 Å². The second-order valence-electron chi connectivity index (χ2n) is 6.37. The summed E-state index contributed by atoms with van der Waals surface area (Å²) >= 11 is 0. The van der Waals surface area contributed by atoms with Crippen molar-refractivity contribution in [3.05, 3.63) is 17.5 Å². The maximum atomic E-state index is 12.5. The van der Waals surface area contributed by atoms with Gasteiger partial charge in [-0.3, -0.25) is 9.48 Å². The van der Waals surface area contributed by atoms with Crippen molar-refractivity contribution in [2.24, 2.45) is 11.7 Å². The van der Waals surface area contributed by atoms with Gasteiger partial charge in [-0.25, -0.2) is 0 Å². The quantitative estimate of drug-likeness (QED) is 0.877. The molecule has 2 rings (SSSR count). The molecule has 106 valence electrons. The minimum Gasteiger partial charge on any atom is -0.338 e. The van der Waals surface area contributed by atoms with Crippen LogP contribution >= 0.6 is 0 Å². The van der Waals surface area contributed by atoms with Crippen molar-refractivity contribution >= 4 is 5.91 Å². The first-order chi connectivity index (χ1) is 8.84. The molecule has 0 aliphatic carbocycles. The molecule has 5 heteroatoms. The number of aromatic nitrogens is 2. The highest BCUT2D eigenvalue weighted by Crippen LogP contribution is 2.22. The third-order valence-corrected chi connectivity index (χ3v) is 3.78. The number of nitrogens with two attached hydrogens (primary N) is 1. The largest absolute Gasteiger partial charge is 0.338 e. The van der Waals surface area contributed by atoms with E-state index >= 15 is 0 Å². The maximum absolute atomic E-state index is 12.5. The molecule has 1 fully saturated rings. The lowest BCUT2D eigenvalue weighted by Crippen LogP contribution is -2.31. The molecule has 0 saturated carbocycles. The Morgan fingerprint density at radius 3 is 2.68 bits per heavy atom. The van der Waals surface area contributed by atoms with Crippen LogP contribution in [0.25, 0.3) is 0 Å². The number of rotatable bonds is 2. The maximum Gasteiger partial charge on any atom is 0.257 e. The van der Waals surface area contributed by atoms with Gasteiger partial charge in [0.1, 0.15) is 0 Å². The van der Waals surface area contributed by atoms with E-state index in [2.05, 4.69) is 25.9 Å². The van der Waals surface area contributed by atoms with Crippen molar-refractivity contribution in [1.82, 2.24) is 14.7 Å². The molecule has 1 unspecified atom stereocenters. The number of carbonyl (C=O) groups excluding carboxylic acids is 1.